The van der Waals surface area contributed by atoms with E-state index in [0.717, 1.165) is 11.1 Å². The summed E-state index contributed by atoms with van der Waals surface area (Å²) >= 11 is 5.88. The van der Waals surface area contributed by atoms with Gasteiger partial charge in [-0.15, -0.1) is 0 Å². The number of hydrogen-bond donors (Lipinski definition) is 2. The van der Waals surface area contributed by atoms with Crippen molar-refractivity contribution in [1.29, 1.82) is 0 Å². The number of hydrogen-bond acceptors (Lipinski definition) is 3. The van der Waals surface area contributed by atoms with Crippen molar-refractivity contribution in [3.63, 3.8) is 0 Å². The van der Waals surface area contributed by atoms with Crippen LogP contribution in [0.1, 0.15) is 30.2 Å². The molecule has 0 saturated heterocycles. The second kappa shape index (κ2) is 8.50. The SMILES string of the molecule is CO[C@@H](CNC(=O)N[C@@H](C)c1ccncc1)c1ccc(Cl)cc1. The van der Waals surface area contributed by atoms with Crippen LogP contribution in [0, 0.1) is 0 Å². The molecule has 2 amide bonds. The maximum Gasteiger partial charge on any atom is 0.315 e. The summed E-state index contributed by atoms with van der Waals surface area (Å²) in [4.78, 5) is 16.0. The molecule has 0 bridgehead atoms. The predicted octanol–water partition coefficient (Wildman–Crippen LogP) is 3.48. The summed E-state index contributed by atoms with van der Waals surface area (Å²) in [5, 5.41) is 6.37. The number of carbonyl (C=O) groups is 1. The standard InChI is InChI=1S/C17H20ClN3O2/c1-12(13-7-9-19-10-8-13)21-17(22)20-11-16(23-2)14-3-5-15(18)6-4-14/h3-10,12,16H,11H2,1-2H3,(H2,20,21,22)/t12-,16-/m0/s1. The maximum atomic E-state index is 12.0. The van der Waals surface area contributed by atoms with Gasteiger partial charge < -0.3 is 15.4 Å². The molecule has 2 rings (SSSR count). The Balaban J connectivity index is 1.86. The van der Waals surface area contributed by atoms with Gasteiger partial charge in [0.2, 0.25) is 0 Å². The van der Waals surface area contributed by atoms with Crippen molar-refractivity contribution in [2.75, 3.05) is 13.7 Å². The molecular formula is C17H20ClN3O2. The summed E-state index contributed by atoms with van der Waals surface area (Å²) in [7, 11) is 1.61. The first kappa shape index (κ1) is 17.2. The topological polar surface area (TPSA) is 63.2 Å². The molecule has 0 unspecified atom stereocenters. The Labute approximate surface area is 141 Å². The van der Waals surface area contributed by atoms with E-state index in [1.165, 1.54) is 0 Å². The number of nitrogens with one attached hydrogen (secondary N) is 2. The Kier molecular flexibility index (Phi) is 6.38. The molecule has 1 aromatic heterocycles. The molecule has 0 aliphatic carbocycles. The lowest BCUT2D eigenvalue weighted by Crippen LogP contribution is -2.39. The van der Waals surface area contributed by atoms with Gasteiger partial charge in [0.25, 0.3) is 0 Å². The molecule has 0 fully saturated rings. The van der Waals surface area contributed by atoms with Crippen LogP contribution in [0.25, 0.3) is 0 Å². The smallest absolute Gasteiger partial charge is 0.315 e. The molecule has 2 aromatic rings. The van der Waals surface area contributed by atoms with Gasteiger partial charge in [0.1, 0.15) is 0 Å². The van der Waals surface area contributed by atoms with E-state index in [2.05, 4.69) is 15.6 Å². The highest BCUT2D eigenvalue weighted by Gasteiger charge is 2.13. The first-order valence-electron chi connectivity index (χ1n) is 7.32. The van der Waals surface area contributed by atoms with Gasteiger partial charge in [-0.25, -0.2) is 4.79 Å². The average Bonchev–Trinajstić information content (AvgIpc) is 2.57. The molecule has 1 aromatic carbocycles. The predicted molar refractivity (Wildman–Crippen MR) is 90.4 cm³/mol. The fourth-order valence-corrected chi connectivity index (χ4v) is 2.31. The first-order valence-corrected chi connectivity index (χ1v) is 7.70. The lowest BCUT2D eigenvalue weighted by Gasteiger charge is -2.19. The van der Waals surface area contributed by atoms with Gasteiger partial charge in [0.15, 0.2) is 0 Å². The molecule has 23 heavy (non-hydrogen) atoms. The number of halogens is 1. The highest BCUT2D eigenvalue weighted by molar-refractivity contribution is 6.30. The van der Waals surface area contributed by atoms with Crippen LogP contribution in [-0.4, -0.2) is 24.7 Å². The van der Waals surface area contributed by atoms with Crippen molar-refractivity contribution in [2.45, 2.75) is 19.1 Å². The Morgan fingerprint density at radius 3 is 2.43 bits per heavy atom. The molecule has 6 heteroatoms. The number of nitrogens with zero attached hydrogens (tertiary/aromatic N) is 1. The number of urea groups is 1. The second-order valence-corrected chi connectivity index (χ2v) is 5.57. The van der Waals surface area contributed by atoms with Gasteiger partial charge in [-0.1, -0.05) is 23.7 Å². The van der Waals surface area contributed by atoms with Crippen LogP contribution in [0.5, 0.6) is 0 Å². The third kappa shape index (κ3) is 5.23. The molecule has 0 aliphatic rings. The highest BCUT2D eigenvalue weighted by atomic mass is 35.5. The van der Waals surface area contributed by atoms with Crippen molar-refractivity contribution in [1.82, 2.24) is 15.6 Å². The second-order valence-electron chi connectivity index (χ2n) is 5.13. The molecule has 0 spiro atoms. The van der Waals surface area contributed by atoms with Crippen LogP contribution in [0.15, 0.2) is 48.8 Å². The molecule has 0 radical (unpaired) electrons. The number of ether oxygens (including phenoxy) is 1. The molecule has 0 saturated carbocycles. The van der Waals surface area contributed by atoms with Gasteiger partial charge in [-0.05, 0) is 42.3 Å². The van der Waals surface area contributed by atoms with Crippen molar-refractivity contribution < 1.29 is 9.53 Å². The van der Waals surface area contributed by atoms with Gasteiger partial charge in [0, 0.05) is 31.1 Å². The zero-order valence-electron chi connectivity index (χ0n) is 13.1. The average molecular weight is 334 g/mol. The fraction of sp³-hybridized carbons (Fsp3) is 0.294. The number of rotatable bonds is 6. The summed E-state index contributed by atoms with van der Waals surface area (Å²) in [6.45, 7) is 2.29. The van der Waals surface area contributed by atoms with Crippen molar-refractivity contribution in [3.8, 4) is 0 Å². The Morgan fingerprint density at radius 2 is 1.83 bits per heavy atom. The van der Waals surface area contributed by atoms with Gasteiger partial charge in [-0.3, -0.25) is 4.98 Å². The van der Waals surface area contributed by atoms with E-state index in [0.29, 0.717) is 11.6 Å². The van der Waals surface area contributed by atoms with Crippen molar-refractivity contribution >= 4 is 17.6 Å². The van der Waals surface area contributed by atoms with Crippen LogP contribution in [0.3, 0.4) is 0 Å². The van der Waals surface area contributed by atoms with Gasteiger partial charge in [-0.2, -0.15) is 0 Å². The third-order valence-electron chi connectivity index (χ3n) is 3.53. The molecular weight excluding hydrogens is 314 g/mol. The number of carbonyl (C=O) groups excluding carboxylic acids is 1. The zero-order chi connectivity index (χ0) is 16.7. The van der Waals surface area contributed by atoms with Crippen LogP contribution >= 0.6 is 11.6 Å². The monoisotopic (exact) mass is 333 g/mol. The maximum absolute atomic E-state index is 12.0. The minimum Gasteiger partial charge on any atom is -0.375 e. The Bertz CT molecular complexity index is 619. The lowest BCUT2D eigenvalue weighted by atomic mass is 10.1. The summed E-state index contributed by atoms with van der Waals surface area (Å²) in [5.41, 5.74) is 1.95. The summed E-state index contributed by atoms with van der Waals surface area (Å²) < 4.78 is 5.42. The highest BCUT2D eigenvalue weighted by Crippen LogP contribution is 2.18. The van der Waals surface area contributed by atoms with Crippen LogP contribution in [-0.2, 0) is 4.74 Å². The number of benzene rings is 1. The summed E-state index contributed by atoms with van der Waals surface area (Å²) in [6.07, 6.45) is 3.18. The van der Waals surface area contributed by atoms with E-state index in [4.69, 9.17) is 16.3 Å². The van der Waals surface area contributed by atoms with Crippen LogP contribution in [0.2, 0.25) is 5.02 Å². The quantitative estimate of drug-likeness (QED) is 0.850. The normalized spacial score (nSPS) is 13.2. The van der Waals surface area contributed by atoms with E-state index in [1.807, 2.05) is 31.2 Å². The first-order chi connectivity index (χ1) is 11.1. The van der Waals surface area contributed by atoms with Crippen molar-refractivity contribution in [3.05, 3.63) is 64.9 Å². The van der Waals surface area contributed by atoms with Crippen LogP contribution < -0.4 is 10.6 Å². The summed E-state index contributed by atoms with van der Waals surface area (Å²) in [5.74, 6) is 0. The summed E-state index contributed by atoms with van der Waals surface area (Å²) in [6, 6.07) is 10.8. The fourth-order valence-electron chi connectivity index (χ4n) is 2.18. The van der Waals surface area contributed by atoms with E-state index in [9.17, 15) is 4.79 Å². The van der Waals surface area contributed by atoms with E-state index >= 15 is 0 Å². The molecule has 2 atom stereocenters. The Morgan fingerprint density at radius 1 is 1.17 bits per heavy atom. The molecule has 0 aliphatic heterocycles. The molecule has 1 heterocycles. The van der Waals surface area contributed by atoms with E-state index in [1.54, 1.807) is 31.6 Å². The van der Waals surface area contributed by atoms with E-state index in [-0.39, 0.29) is 18.2 Å². The number of aromatic nitrogens is 1. The lowest BCUT2D eigenvalue weighted by molar-refractivity contribution is 0.104. The number of methoxy groups -OCH3 is 1. The number of amides is 2. The minimum atomic E-state index is -0.245. The van der Waals surface area contributed by atoms with E-state index < -0.39 is 0 Å². The third-order valence-corrected chi connectivity index (χ3v) is 3.78. The van der Waals surface area contributed by atoms with Gasteiger partial charge >= 0.3 is 6.03 Å². The largest absolute Gasteiger partial charge is 0.375 e. The molecule has 2 N–H and O–H groups in total. The molecule has 5 nitrogen and oxygen atoms in total. The van der Waals surface area contributed by atoms with Gasteiger partial charge in [0.05, 0.1) is 12.1 Å². The minimum absolute atomic E-state index is 0.102. The molecule has 122 valence electrons. The van der Waals surface area contributed by atoms with Crippen LogP contribution in [0.4, 0.5) is 4.79 Å². The Hall–Kier alpha value is -2.11. The van der Waals surface area contributed by atoms with Crippen molar-refractivity contribution in [2.24, 2.45) is 0 Å². The zero-order valence-corrected chi connectivity index (χ0v) is 13.9. The number of pyridine rings is 1.